The first-order chi connectivity index (χ1) is 42.3. The first-order valence-electron chi connectivity index (χ1n) is 35.1. The first-order valence-corrected chi connectivity index (χ1v) is 35.1. The lowest BCUT2D eigenvalue weighted by molar-refractivity contribution is -0.379. The summed E-state index contributed by atoms with van der Waals surface area (Å²) in [7, 11) is 0. The van der Waals surface area contributed by atoms with Crippen LogP contribution in [-0.2, 0) is 33.2 Å². The van der Waals surface area contributed by atoms with Gasteiger partial charge < -0.3 is 89.9 Å². The van der Waals surface area contributed by atoms with Crippen molar-refractivity contribution in [2.45, 2.75) is 375 Å². The molecule has 3 fully saturated rings. The molecule has 0 aromatic rings. The third kappa shape index (κ3) is 33.1. The van der Waals surface area contributed by atoms with Crippen molar-refractivity contribution in [1.82, 2.24) is 5.32 Å². The van der Waals surface area contributed by atoms with Crippen LogP contribution in [0.4, 0.5) is 0 Å². The number of hydrogen-bond acceptors (Lipinski definition) is 18. The number of hydrogen-bond donors (Lipinski definition) is 12. The summed E-state index contributed by atoms with van der Waals surface area (Å²) >= 11 is 0. The third-order valence-electron chi connectivity index (χ3n) is 17.8. The zero-order valence-corrected chi connectivity index (χ0v) is 54.0. The summed E-state index contributed by atoms with van der Waals surface area (Å²) in [4.78, 5) is 13.3. The standard InChI is InChI=1S/C68H127NO18/c1-3-5-7-9-11-13-15-16-17-18-19-20-21-22-23-24-25-26-27-28-29-30-31-32-33-34-35-36-37-39-41-43-45-52(73)51(69-56(74)46-44-42-40-38-14-12-10-8-6-4-2)50-82-66-62(80)59(77)64(54(48-71)84-66)87-68-63(81)60(78)65(55(49-72)85-68)86-67-61(79)58(76)57(75)53(47-70)83-67/h36-37,43,45,51-55,57-68,70-73,75-81H,3-35,38-42,44,46-50H2,1-2H3,(H,69,74)/b37-36+,45-43+. The lowest BCUT2D eigenvalue weighted by Gasteiger charge is -2.48. The van der Waals surface area contributed by atoms with Gasteiger partial charge in [0.15, 0.2) is 18.9 Å². The van der Waals surface area contributed by atoms with Gasteiger partial charge in [-0.1, -0.05) is 256 Å². The van der Waals surface area contributed by atoms with Gasteiger partial charge in [-0.2, -0.15) is 0 Å². The molecule has 3 rings (SSSR count). The molecule has 3 heterocycles. The Balaban J connectivity index is 1.37. The normalized spacial score (nSPS) is 28.7. The fourth-order valence-electron chi connectivity index (χ4n) is 12.0. The van der Waals surface area contributed by atoms with E-state index in [9.17, 15) is 61.0 Å². The Morgan fingerprint density at radius 1 is 0.402 bits per heavy atom. The van der Waals surface area contributed by atoms with Crippen LogP contribution in [0.5, 0.6) is 0 Å². The van der Waals surface area contributed by atoms with Gasteiger partial charge in [0, 0.05) is 6.42 Å². The molecule has 0 bridgehead atoms. The highest BCUT2D eigenvalue weighted by Crippen LogP contribution is 2.33. The highest BCUT2D eigenvalue weighted by atomic mass is 16.8. The lowest BCUT2D eigenvalue weighted by Crippen LogP contribution is -2.66. The maximum atomic E-state index is 13.3. The zero-order valence-electron chi connectivity index (χ0n) is 54.0. The van der Waals surface area contributed by atoms with Crippen molar-refractivity contribution in [3.63, 3.8) is 0 Å². The summed E-state index contributed by atoms with van der Waals surface area (Å²) in [5, 5.41) is 120. The molecule has 17 unspecified atom stereocenters. The van der Waals surface area contributed by atoms with Crippen LogP contribution in [-0.4, -0.2) is 193 Å². The number of carbonyl (C=O) groups excluding carboxylic acids is 1. The average molecular weight is 1250 g/mol. The van der Waals surface area contributed by atoms with Gasteiger partial charge in [0.05, 0.1) is 38.6 Å². The fraction of sp³-hybridized carbons (Fsp3) is 0.926. The van der Waals surface area contributed by atoms with Crippen molar-refractivity contribution in [2.24, 2.45) is 0 Å². The largest absolute Gasteiger partial charge is 0.394 e. The van der Waals surface area contributed by atoms with Gasteiger partial charge >= 0.3 is 0 Å². The maximum Gasteiger partial charge on any atom is 0.220 e. The molecular weight excluding hydrogens is 1120 g/mol. The van der Waals surface area contributed by atoms with Crippen molar-refractivity contribution in [1.29, 1.82) is 0 Å². The Labute approximate surface area is 524 Å². The van der Waals surface area contributed by atoms with Crippen molar-refractivity contribution in [2.75, 3.05) is 26.4 Å². The highest BCUT2D eigenvalue weighted by Gasteiger charge is 2.53. The van der Waals surface area contributed by atoms with Crippen molar-refractivity contribution in [3.05, 3.63) is 24.3 Å². The summed E-state index contributed by atoms with van der Waals surface area (Å²) in [5.74, 6) is -0.285. The van der Waals surface area contributed by atoms with E-state index in [1.54, 1.807) is 6.08 Å². The van der Waals surface area contributed by atoms with Crippen LogP contribution in [0.1, 0.15) is 271 Å². The van der Waals surface area contributed by atoms with Gasteiger partial charge in [-0.25, -0.2) is 0 Å². The lowest BCUT2D eigenvalue weighted by atomic mass is 9.96. The number of unbranched alkanes of at least 4 members (excludes halogenated alkanes) is 36. The molecule has 0 saturated carbocycles. The van der Waals surface area contributed by atoms with E-state index in [2.05, 4.69) is 31.3 Å². The van der Waals surface area contributed by atoms with Crippen LogP contribution in [0.25, 0.3) is 0 Å². The Bertz CT molecular complexity index is 1680. The molecule has 512 valence electrons. The van der Waals surface area contributed by atoms with E-state index in [-0.39, 0.29) is 18.9 Å². The smallest absolute Gasteiger partial charge is 0.220 e. The van der Waals surface area contributed by atoms with Gasteiger partial charge in [0.1, 0.15) is 73.2 Å². The summed E-state index contributed by atoms with van der Waals surface area (Å²) < 4.78 is 34.3. The summed E-state index contributed by atoms with van der Waals surface area (Å²) in [6, 6.07) is -0.985. The van der Waals surface area contributed by atoms with Gasteiger partial charge in [-0.05, 0) is 32.1 Å². The molecular formula is C68H127NO18. The van der Waals surface area contributed by atoms with Crippen LogP contribution in [0.3, 0.4) is 0 Å². The van der Waals surface area contributed by atoms with E-state index >= 15 is 0 Å². The van der Waals surface area contributed by atoms with Crippen molar-refractivity contribution < 1.29 is 89.4 Å². The minimum absolute atomic E-state index is 0.238. The highest BCUT2D eigenvalue weighted by molar-refractivity contribution is 5.76. The number of ether oxygens (including phenoxy) is 6. The summed E-state index contributed by atoms with van der Waals surface area (Å²) in [6.45, 7) is 1.71. The minimum atomic E-state index is -1.98. The van der Waals surface area contributed by atoms with Crippen molar-refractivity contribution in [3.8, 4) is 0 Å². The third-order valence-corrected chi connectivity index (χ3v) is 17.8. The van der Waals surface area contributed by atoms with Crippen LogP contribution in [0, 0.1) is 0 Å². The van der Waals surface area contributed by atoms with E-state index in [0.717, 1.165) is 38.5 Å². The Morgan fingerprint density at radius 3 is 1.15 bits per heavy atom. The topological polar surface area (TPSA) is 307 Å². The molecule has 1 amide bonds. The molecule has 19 heteroatoms. The molecule has 0 spiro atoms. The minimum Gasteiger partial charge on any atom is -0.394 e. The zero-order chi connectivity index (χ0) is 63.3. The Hall–Kier alpha value is -1.73. The number of nitrogens with one attached hydrogen (secondary N) is 1. The van der Waals surface area contributed by atoms with Crippen LogP contribution in [0.2, 0.25) is 0 Å². The molecule has 17 atom stereocenters. The van der Waals surface area contributed by atoms with E-state index in [0.29, 0.717) is 12.8 Å². The number of rotatable bonds is 54. The quantitative estimate of drug-likeness (QED) is 0.0200. The Morgan fingerprint density at radius 2 is 0.736 bits per heavy atom. The number of aliphatic hydroxyl groups is 11. The molecule has 3 aliphatic rings. The number of aliphatic hydroxyl groups excluding tert-OH is 11. The van der Waals surface area contributed by atoms with Gasteiger partial charge in [0.2, 0.25) is 5.91 Å². The van der Waals surface area contributed by atoms with Gasteiger partial charge in [-0.15, -0.1) is 0 Å². The molecule has 0 aromatic carbocycles. The summed E-state index contributed by atoms with van der Waals surface area (Å²) in [5.41, 5.74) is 0. The Kier molecular flexibility index (Phi) is 46.4. The molecule has 0 aromatic heterocycles. The van der Waals surface area contributed by atoms with E-state index < -0.39 is 124 Å². The van der Waals surface area contributed by atoms with Gasteiger partial charge in [0.25, 0.3) is 0 Å². The van der Waals surface area contributed by atoms with Crippen LogP contribution >= 0.6 is 0 Å². The maximum absolute atomic E-state index is 13.3. The summed E-state index contributed by atoms with van der Waals surface area (Å²) in [6.07, 6.45) is 30.7. The van der Waals surface area contributed by atoms with E-state index in [1.165, 1.54) is 199 Å². The second kappa shape index (κ2) is 50.8. The number of carbonyl (C=O) groups is 1. The molecule has 0 radical (unpaired) electrons. The number of allylic oxidation sites excluding steroid dienone is 3. The molecule has 3 aliphatic heterocycles. The van der Waals surface area contributed by atoms with Crippen molar-refractivity contribution >= 4 is 5.91 Å². The second-order valence-corrected chi connectivity index (χ2v) is 25.3. The SMILES string of the molecule is CCCCCCCCCCCCCCCCCCCCCCCCCCCC/C=C/CC/C=C/C(O)C(COC1OC(CO)C(OC2OC(CO)C(OC3OC(CO)C(O)C(O)C3O)C(O)C2O)C(O)C1O)NC(=O)CCCCCCCCCCCC. The predicted octanol–water partition coefficient (Wildman–Crippen LogP) is 9.05. The predicted molar refractivity (Wildman–Crippen MR) is 337 cm³/mol. The molecule has 12 N–H and O–H groups in total. The second-order valence-electron chi connectivity index (χ2n) is 25.3. The fourth-order valence-corrected chi connectivity index (χ4v) is 12.0. The number of amides is 1. The molecule has 0 aliphatic carbocycles. The molecule has 87 heavy (non-hydrogen) atoms. The van der Waals surface area contributed by atoms with E-state index in [4.69, 9.17) is 28.4 Å². The first kappa shape index (κ1) is 79.5. The molecule has 3 saturated heterocycles. The van der Waals surface area contributed by atoms with Crippen LogP contribution in [0.15, 0.2) is 24.3 Å². The van der Waals surface area contributed by atoms with Gasteiger partial charge in [-0.3, -0.25) is 4.79 Å². The van der Waals surface area contributed by atoms with E-state index in [1.807, 2.05) is 6.08 Å². The van der Waals surface area contributed by atoms with Crippen LogP contribution < -0.4 is 5.32 Å². The average Bonchev–Trinajstić information content (AvgIpc) is 2.57. The molecule has 19 nitrogen and oxygen atoms in total. The monoisotopic (exact) mass is 1250 g/mol.